The molecule has 0 unspecified atom stereocenters. The molecule has 3 rings (SSSR count). The first-order valence-corrected chi connectivity index (χ1v) is 8.45. The van der Waals surface area contributed by atoms with Crippen LogP contribution in [0.15, 0.2) is 30.6 Å². The summed E-state index contributed by atoms with van der Waals surface area (Å²) in [7, 11) is 0. The normalized spacial score (nSPS) is 15.9. The number of hydrogen-bond acceptors (Lipinski definition) is 3. The average molecular weight is 327 g/mol. The maximum absolute atomic E-state index is 12.4. The topological polar surface area (TPSA) is 47.4 Å². The van der Waals surface area contributed by atoms with E-state index in [0.29, 0.717) is 19.5 Å². The summed E-state index contributed by atoms with van der Waals surface area (Å²) >= 11 is 0. The van der Waals surface area contributed by atoms with Gasteiger partial charge in [-0.05, 0) is 38.8 Å². The SMILES string of the molecule is Cc1cccc(C)c1OC1CN(C(=O)C[C@H](C)n2ccnc2C)C1. The molecule has 0 bridgehead atoms. The lowest BCUT2D eigenvalue weighted by molar-refractivity contribution is -0.140. The quantitative estimate of drug-likeness (QED) is 0.848. The van der Waals surface area contributed by atoms with Gasteiger partial charge in [-0.2, -0.15) is 0 Å². The summed E-state index contributed by atoms with van der Waals surface area (Å²) in [6.07, 6.45) is 4.29. The fourth-order valence-electron chi connectivity index (χ4n) is 3.20. The summed E-state index contributed by atoms with van der Waals surface area (Å²) in [6, 6.07) is 6.27. The lowest BCUT2D eigenvalue weighted by Crippen LogP contribution is -2.56. The van der Waals surface area contributed by atoms with Gasteiger partial charge in [0.1, 0.15) is 17.7 Å². The first kappa shape index (κ1) is 16.6. The van der Waals surface area contributed by atoms with Crippen molar-refractivity contribution < 1.29 is 9.53 Å². The Labute approximate surface area is 143 Å². The molecular formula is C19H25N3O2. The number of para-hydroxylation sites is 1. The highest BCUT2D eigenvalue weighted by molar-refractivity contribution is 5.77. The van der Waals surface area contributed by atoms with Gasteiger partial charge in [-0.3, -0.25) is 4.79 Å². The minimum absolute atomic E-state index is 0.0963. The van der Waals surface area contributed by atoms with E-state index < -0.39 is 0 Å². The van der Waals surface area contributed by atoms with Crippen LogP contribution in [0.25, 0.3) is 0 Å². The number of ether oxygens (including phenoxy) is 1. The van der Waals surface area contributed by atoms with Crippen molar-refractivity contribution in [1.29, 1.82) is 0 Å². The number of nitrogens with zero attached hydrogens (tertiary/aromatic N) is 3. The molecule has 0 spiro atoms. The first-order chi connectivity index (χ1) is 11.5. The van der Waals surface area contributed by atoms with Crippen LogP contribution in [-0.4, -0.2) is 39.6 Å². The number of hydrogen-bond donors (Lipinski definition) is 0. The summed E-state index contributed by atoms with van der Waals surface area (Å²) in [5.41, 5.74) is 2.29. The van der Waals surface area contributed by atoms with E-state index in [9.17, 15) is 4.79 Å². The molecule has 0 aliphatic carbocycles. The van der Waals surface area contributed by atoms with Crippen molar-refractivity contribution in [2.45, 2.75) is 46.3 Å². The van der Waals surface area contributed by atoms with Crippen LogP contribution in [0, 0.1) is 20.8 Å². The molecule has 1 saturated heterocycles. The van der Waals surface area contributed by atoms with E-state index in [1.54, 1.807) is 6.20 Å². The molecule has 1 aliphatic heterocycles. The van der Waals surface area contributed by atoms with Gasteiger partial charge in [-0.25, -0.2) is 4.98 Å². The van der Waals surface area contributed by atoms with Crippen LogP contribution in [0.2, 0.25) is 0 Å². The van der Waals surface area contributed by atoms with Crippen molar-refractivity contribution in [3.05, 3.63) is 47.5 Å². The van der Waals surface area contributed by atoms with Crippen LogP contribution in [0.4, 0.5) is 0 Å². The molecule has 1 atom stereocenters. The molecule has 2 aromatic rings. The predicted octanol–water partition coefficient (Wildman–Crippen LogP) is 3.05. The van der Waals surface area contributed by atoms with E-state index in [4.69, 9.17) is 4.74 Å². The predicted molar refractivity (Wildman–Crippen MR) is 93.2 cm³/mol. The molecule has 0 N–H and O–H groups in total. The zero-order chi connectivity index (χ0) is 17.3. The number of benzene rings is 1. The zero-order valence-electron chi connectivity index (χ0n) is 14.8. The molecule has 1 fully saturated rings. The van der Waals surface area contributed by atoms with Gasteiger partial charge in [0, 0.05) is 24.9 Å². The fourth-order valence-corrected chi connectivity index (χ4v) is 3.20. The molecule has 2 heterocycles. The highest BCUT2D eigenvalue weighted by atomic mass is 16.5. The Kier molecular flexibility index (Phi) is 4.60. The standard InChI is InChI=1S/C19H25N3O2/c1-13-6-5-7-14(2)19(13)24-17-11-21(12-17)18(23)10-15(3)22-9-8-20-16(22)4/h5-9,15,17H,10-12H2,1-4H3/t15-/m0/s1. The van der Waals surface area contributed by atoms with Gasteiger partial charge < -0.3 is 14.2 Å². The lowest BCUT2D eigenvalue weighted by atomic mass is 10.1. The van der Waals surface area contributed by atoms with E-state index in [0.717, 1.165) is 22.7 Å². The maximum Gasteiger partial charge on any atom is 0.224 e. The number of aromatic nitrogens is 2. The molecule has 1 aromatic heterocycles. The number of carbonyl (C=O) groups is 1. The molecular weight excluding hydrogens is 302 g/mol. The molecule has 5 heteroatoms. The van der Waals surface area contributed by atoms with Gasteiger partial charge in [0.2, 0.25) is 5.91 Å². The van der Waals surface area contributed by atoms with Gasteiger partial charge in [0.15, 0.2) is 0 Å². The highest BCUT2D eigenvalue weighted by Crippen LogP contribution is 2.26. The number of amides is 1. The van der Waals surface area contributed by atoms with Crippen molar-refractivity contribution in [2.24, 2.45) is 0 Å². The van der Waals surface area contributed by atoms with E-state index in [-0.39, 0.29) is 18.1 Å². The van der Waals surface area contributed by atoms with Crippen LogP contribution in [0.3, 0.4) is 0 Å². The van der Waals surface area contributed by atoms with Crippen molar-refractivity contribution >= 4 is 5.91 Å². The van der Waals surface area contributed by atoms with Crippen LogP contribution in [0.1, 0.15) is 36.3 Å². The molecule has 24 heavy (non-hydrogen) atoms. The van der Waals surface area contributed by atoms with Crippen LogP contribution >= 0.6 is 0 Å². The monoisotopic (exact) mass is 327 g/mol. The molecule has 128 valence electrons. The maximum atomic E-state index is 12.4. The van der Waals surface area contributed by atoms with Gasteiger partial charge in [0.25, 0.3) is 0 Å². The van der Waals surface area contributed by atoms with E-state index in [2.05, 4.69) is 37.9 Å². The highest BCUT2D eigenvalue weighted by Gasteiger charge is 2.33. The molecule has 1 aromatic carbocycles. The van der Waals surface area contributed by atoms with Crippen molar-refractivity contribution in [3.8, 4) is 5.75 Å². The number of carbonyl (C=O) groups excluding carboxylic acids is 1. The molecule has 0 saturated carbocycles. The second-order valence-corrected chi connectivity index (χ2v) is 6.69. The average Bonchev–Trinajstić information content (AvgIpc) is 2.91. The molecule has 0 radical (unpaired) electrons. The summed E-state index contributed by atoms with van der Waals surface area (Å²) in [4.78, 5) is 18.5. The van der Waals surface area contributed by atoms with Crippen molar-refractivity contribution in [2.75, 3.05) is 13.1 Å². The number of likely N-dealkylation sites (tertiary alicyclic amines) is 1. The number of imidazole rings is 1. The minimum atomic E-state index is 0.0963. The van der Waals surface area contributed by atoms with Crippen molar-refractivity contribution in [3.63, 3.8) is 0 Å². The number of aryl methyl sites for hydroxylation is 3. The van der Waals surface area contributed by atoms with E-state index in [1.807, 2.05) is 28.7 Å². The largest absolute Gasteiger partial charge is 0.486 e. The van der Waals surface area contributed by atoms with Gasteiger partial charge >= 0.3 is 0 Å². The second-order valence-electron chi connectivity index (χ2n) is 6.69. The van der Waals surface area contributed by atoms with Crippen LogP contribution in [-0.2, 0) is 4.79 Å². The van der Waals surface area contributed by atoms with Crippen molar-refractivity contribution in [1.82, 2.24) is 14.5 Å². The smallest absolute Gasteiger partial charge is 0.224 e. The third-order valence-corrected chi connectivity index (χ3v) is 4.70. The Hall–Kier alpha value is -2.30. The minimum Gasteiger partial charge on any atom is -0.486 e. The summed E-state index contributed by atoms with van der Waals surface area (Å²) in [5.74, 6) is 2.07. The van der Waals surface area contributed by atoms with Crippen LogP contribution < -0.4 is 4.74 Å². The van der Waals surface area contributed by atoms with E-state index >= 15 is 0 Å². The van der Waals surface area contributed by atoms with Gasteiger partial charge in [-0.1, -0.05) is 18.2 Å². The number of rotatable bonds is 5. The Morgan fingerprint density at radius 2 is 1.96 bits per heavy atom. The lowest BCUT2D eigenvalue weighted by Gasteiger charge is -2.40. The Morgan fingerprint density at radius 1 is 1.29 bits per heavy atom. The molecule has 5 nitrogen and oxygen atoms in total. The van der Waals surface area contributed by atoms with Crippen LogP contribution in [0.5, 0.6) is 5.75 Å². The third kappa shape index (κ3) is 3.30. The van der Waals surface area contributed by atoms with Gasteiger partial charge in [0.05, 0.1) is 13.1 Å². The third-order valence-electron chi connectivity index (χ3n) is 4.70. The zero-order valence-corrected chi connectivity index (χ0v) is 14.8. The first-order valence-electron chi connectivity index (χ1n) is 8.45. The Balaban J connectivity index is 1.51. The summed E-state index contributed by atoms with van der Waals surface area (Å²) in [6.45, 7) is 9.46. The van der Waals surface area contributed by atoms with Gasteiger partial charge in [-0.15, -0.1) is 0 Å². The summed E-state index contributed by atoms with van der Waals surface area (Å²) in [5, 5.41) is 0. The Morgan fingerprint density at radius 3 is 2.54 bits per heavy atom. The molecule has 1 aliphatic rings. The fraction of sp³-hybridized carbons (Fsp3) is 0.474. The summed E-state index contributed by atoms with van der Waals surface area (Å²) < 4.78 is 8.12. The molecule has 1 amide bonds. The Bertz CT molecular complexity index is 712. The van der Waals surface area contributed by atoms with E-state index in [1.165, 1.54) is 0 Å². The second kappa shape index (κ2) is 6.67.